The molecule has 0 saturated heterocycles. The third-order valence-corrected chi connectivity index (χ3v) is 3.35. The van der Waals surface area contributed by atoms with E-state index in [1.165, 1.54) is 22.8 Å². The van der Waals surface area contributed by atoms with Crippen LogP contribution in [0, 0.1) is 6.92 Å². The number of aromatic nitrogens is 2. The van der Waals surface area contributed by atoms with Crippen molar-refractivity contribution in [3.05, 3.63) is 33.6 Å². The molecule has 2 aromatic rings. The van der Waals surface area contributed by atoms with E-state index < -0.39 is 17.9 Å². The summed E-state index contributed by atoms with van der Waals surface area (Å²) in [7, 11) is 0. The number of hydrogen-bond donors (Lipinski definition) is 2. The number of carboxylic acid groups (broad SMARTS) is 1. The molecule has 1 atom stereocenters. The summed E-state index contributed by atoms with van der Waals surface area (Å²) in [5.74, 6) is -0.940. The molecule has 0 saturated carbocycles. The Labute approximate surface area is 112 Å². The van der Waals surface area contributed by atoms with Crippen LogP contribution in [0.1, 0.15) is 44.7 Å². The number of nitrogens with zero attached hydrogens (tertiary/aromatic N) is 2. The first-order chi connectivity index (χ1) is 8.97. The summed E-state index contributed by atoms with van der Waals surface area (Å²) < 4.78 is 4.81. The van der Waals surface area contributed by atoms with Gasteiger partial charge in [0.15, 0.2) is 11.4 Å². The third-order valence-electron chi connectivity index (χ3n) is 2.32. The van der Waals surface area contributed by atoms with Gasteiger partial charge in [0.05, 0.1) is 6.04 Å². The molecule has 2 N–H and O–H groups in total. The highest BCUT2D eigenvalue weighted by Gasteiger charge is 2.18. The maximum absolute atomic E-state index is 11.8. The Bertz CT molecular complexity index is 619. The summed E-state index contributed by atoms with van der Waals surface area (Å²) in [6.07, 6.45) is 0. The first-order valence-electron chi connectivity index (χ1n) is 5.40. The lowest BCUT2D eigenvalue weighted by Crippen LogP contribution is -2.26. The Hall–Kier alpha value is -2.22. The van der Waals surface area contributed by atoms with Gasteiger partial charge in [0.25, 0.3) is 5.91 Å². The number of aryl methyl sites for hydroxylation is 1. The first kappa shape index (κ1) is 13.2. The minimum absolute atomic E-state index is 0.0293. The van der Waals surface area contributed by atoms with Crippen molar-refractivity contribution in [2.45, 2.75) is 19.9 Å². The van der Waals surface area contributed by atoms with Crippen LogP contribution in [0.2, 0.25) is 0 Å². The van der Waals surface area contributed by atoms with Crippen LogP contribution in [0.15, 0.2) is 16.0 Å². The lowest BCUT2D eigenvalue weighted by atomic mass is 10.3. The molecular weight excluding hydrogens is 270 g/mol. The van der Waals surface area contributed by atoms with Crippen molar-refractivity contribution in [1.82, 2.24) is 15.5 Å². The molecular formula is C11H11N3O4S. The van der Waals surface area contributed by atoms with Crippen LogP contribution < -0.4 is 5.32 Å². The number of amides is 1. The maximum atomic E-state index is 11.8. The molecule has 0 spiro atoms. The van der Waals surface area contributed by atoms with Crippen molar-refractivity contribution in [3.8, 4) is 0 Å². The summed E-state index contributed by atoms with van der Waals surface area (Å²) in [5, 5.41) is 17.0. The second kappa shape index (κ2) is 5.19. The molecule has 1 amide bonds. The number of rotatable bonds is 4. The molecule has 19 heavy (non-hydrogen) atoms. The van der Waals surface area contributed by atoms with E-state index in [0.29, 0.717) is 10.8 Å². The zero-order chi connectivity index (χ0) is 14.0. The van der Waals surface area contributed by atoms with E-state index in [-0.39, 0.29) is 11.4 Å². The second-order valence-electron chi connectivity index (χ2n) is 3.89. The summed E-state index contributed by atoms with van der Waals surface area (Å²) in [6.45, 7) is 3.41. The van der Waals surface area contributed by atoms with Gasteiger partial charge in [-0.15, -0.1) is 11.3 Å². The van der Waals surface area contributed by atoms with Gasteiger partial charge < -0.3 is 14.9 Å². The summed E-state index contributed by atoms with van der Waals surface area (Å²) in [5.41, 5.74) is 0.151. The van der Waals surface area contributed by atoms with Gasteiger partial charge in [0.2, 0.25) is 0 Å². The predicted octanol–water partition coefficient (Wildman–Crippen LogP) is 1.63. The van der Waals surface area contributed by atoms with Crippen molar-refractivity contribution >= 4 is 23.2 Å². The number of carboxylic acids is 1. The highest BCUT2D eigenvalue weighted by atomic mass is 32.1. The Morgan fingerprint density at radius 2 is 2.21 bits per heavy atom. The van der Waals surface area contributed by atoms with Gasteiger partial charge in [-0.25, -0.2) is 9.78 Å². The molecule has 2 heterocycles. The molecule has 0 aliphatic rings. The third kappa shape index (κ3) is 2.97. The number of aromatic carboxylic acids is 1. The summed E-state index contributed by atoms with van der Waals surface area (Å²) >= 11 is 1.18. The fraction of sp³-hybridized carbons (Fsp3) is 0.273. The molecule has 100 valence electrons. The van der Waals surface area contributed by atoms with Crippen molar-refractivity contribution in [2.75, 3.05) is 0 Å². The maximum Gasteiger partial charge on any atom is 0.355 e. The van der Waals surface area contributed by atoms with E-state index in [2.05, 4.69) is 15.5 Å². The smallest absolute Gasteiger partial charge is 0.355 e. The van der Waals surface area contributed by atoms with Gasteiger partial charge >= 0.3 is 5.97 Å². The quantitative estimate of drug-likeness (QED) is 0.882. The lowest BCUT2D eigenvalue weighted by molar-refractivity contribution is 0.0691. The van der Waals surface area contributed by atoms with Gasteiger partial charge in [0.1, 0.15) is 10.8 Å². The lowest BCUT2D eigenvalue weighted by Gasteiger charge is -2.09. The monoisotopic (exact) mass is 281 g/mol. The number of thiazole rings is 1. The van der Waals surface area contributed by atoms with Crippen LogP contribution in [-0.4, -0.2) is 27.1 Å². The fourth-order valence-corrected chi connectivity index (χ4v) is 2.19. The van der Waals surface area contributed by atoms with Gasteiger partial charge in [-0.3, -0.25) is 4.79 Å². The molecule has 0 aliphatic carbocycles. The van der Waals surface area contributed by atoms with Crippen molar-refractivity contribution in [2.24, 2.45) is 0 Å². The molecule has 8 heteroatoms. The molecule has 0 bridgehead atoms. The summed E-state index contributed by atoms with van der Waals surface area (Å²) in [6, 6.07) is 1.12. The normalized spacial score (nSPS) is 12.1. The molecule has 7 nitrogen and oxygen atoms in total. The predicted molar refractivity (Wildman–Crippen MR) is 66.2 cm³/mol. The second-order valence-corrected chi connectivity index (χ2v) is 4.78. The van der Waals surface area contributed by atoms with Crippen LogP contribution in [0.25, 0.3) is 0 Å². The van der Waals surface area contributed by atoms with E-state index in [1.807, 2.05) is 0 Å². The minimum atomic E-state index is -1.09. The first-order valence-corrected chi connectivity index (χ1v) is 6.28. The van der Waals surface area contributed by atoms with Crippen LogP contribution in [-0.2, 0) is 0 Å². The highest BCUT2D eigenvalue weighted by molar-refractivity contribution is 7.09. The Morgan fingerprint density at radius 3 is 2.74 bits per heavy atom. The number of hydrogen-bond acceptors (Lipinski definition) is 6. The van der Waals surface area contributed by atoms with Gasteiger partial charge in [0, 0.05) is 11.4 Å². The minimum Gasteiger partial charge on any atom is -0.476 e. The molecule has 1 unspecified atom stereocenters. The average Bonchev–Trinajstić information content (AvgIpc) is 2.96. The molecule has 0 aromatic carbocycles. The highest BCUT2D eigenvalue weighted by Crippen LogP contribution is 2.18. The van der Waals surface area contributed by atoms with E-state index in [4.69, 9.17) is 9.63 Å². The van der Waals surface area contributed by atoms with Crippen LogP contribution in [0.3, 0.4) is 0 Å². The fourth-order valence-electron chi connectivity index (χ4n) is 1.39. The van der Waals surface area contributed by atoms with Gasteiger partial charge in [-0.05, 0) is 13.8 Å². The molecule has 0 radical (unpaired) electrons. The van der Waals surface area contributed by atoms with Crippen LogP contribution >= 0.6 is 11.3 Å². The van der Waals surface area contributed by atoms with Crippen molar-refractivity contribution < 1.29 is 19.2 Å². The number of carbonyl (C=O) groups is 2. The van der Waals surface area contributed by atoms with Gasteiger partial charge in [-0.1, -0.05) is 5.16 Å². The van der Waals surface area contributed by atoms with E-state index in [9.17, 15) is 9.59 Å². The number of carbonyl (C=O) groups excluding carboxylic acids is 1. The Morgan fingerprint density at radius 1 is 1.47 bits per heavy atom. The SMILES string of the molecule is Cc1cc(C(=O)NC(C)c2nc(C(=O)O)cs2)no1. The average molecular weight is 281 g/mol. The number of nitrogens with one attached hydrogen (secondary N) is 1. The largest absolute Gasteiger partial charge is 0.476 e. The summed E-state index contributed by atoms with van der Waals surface area (Å²) in [4.78, 5) is 26.4. The van der Waals surface area contributed by atoms with E-state index in [0.717, 1.165) is 0 Å². The zero-order valence-corrected chi connectivity index (χ0v) is 11.0. The Balaban J connectivity index is 2.05. The van der Waals surface area contributed by atoms with E-state index in [1.54, 1.807) is 13.8 Å². The van der Waals surface area contributed by atoms with E-state index >= 15 is 0 Å². The standard InChI is InChI=1S/C11H11N3O4S/c1-5-3-7(14-18-5)9(15)12-6(2)10-13-8(4-19-10)11(16)17/h3-4,6H,1-2H3,(H,12,15)(H,16,17). The molecule has 2 rings (SSSR count). The molecule has 0 aliphatic heterocycles. The molecule has 2 aromatic heterocycles. The molecule has 0 fully saturated rings. The van der Waals surface area contributed by atoms with Crippen LogP contribution in [0.5, 0.6) is 0 Å². The van der Waals surface area contributed by atoms with Gasteiger partial charge in [-0.2, -0.15) is 0 Å². The topological polar surface area (TPSA) is 105 Å². The van der Waals surface area contributed by atoms with Crippen LogP contribution in [0.4, 0.5) is 0 Å². The van der Waals surface area contributed by atoms with Crippen molar-refractivity contribution in [1.29, 1.82) is 0 Å². The zero-order valence-electron chi connectivity index (χ0n) is 10.2. The Kier molecular flexibility index (Phi) is 3.61. The van der Waals surface area contributed by atoms with Crippen molar-refractivity contribution in [3.63, 3.8) is 0 Å².